The van der Waals surface area contributed by atoms with E-state index in [4.69, 9.17) is 0 Å². The molecule has 0 radical (unpaired) electrons. The van der Waals surface area contributed by atoms with Gasteiger partial charge in [0.05, 0.1) is 12.1 Å². The van der Waals surface area contributed by atoms with Crippen molar-refractivity contribution in [1.29, 1.82) is 0 Å². The van der Waals surface area contributed by atoms with Gasteiger partial charge in [-0.2, -0.15) is 0 Å². The van der Waals surface area contributed by atoms with Crippen molar-refractivity contribution in [3.05, 3.63) is 0 Å². The second-order valence-corrected chi connectivity index (χ2v) is 6.60. The van der Waals surface area contributed by atoms with E-state index in [0.717, 1.165) is 19.3 Å². The number of hydrogen-bond donors (Lipinski definition) is 0. The number of isocyanates is 2. The molecule has 4 fully saturated rings. The Labute approximate surface area is 107 Å². The van der Waals surface area contributed by atoms with Crippen molar-refractivity contribution in [1.82, 2.24) is 0 Å². The van der Waals surface area contributed by atoms with Gasteiger partial charge < -0.3 is 0 Å². The third-order valence-electron chi connectivity index (χ3n) is 5.95. The Morgan fingerprint density at radius 3 is 2.39 bits per heavy atom. The molecule has 0 heterocycles. The van der Waals surface area contributed by atoms with E-state index in [1.165, 1.54) is 0 Å². The number of carbonyl (C=O) groups excluding carboxylic acids is 2. The van der Waals surface area contributed by atoms with Crippen molar-refractivity contribution in [2.75, 3.05) is 0 Å². The van der Waals surface area contributed by atoms with Crippen LogP contribution in [0.1, 0.15) is 33.1 Å². The Balaban J connectivity index is 2.02. The van der Waals surface area contributed by atoms with Gasteiger partial charge in [-0.25, -0.2) is 19.6 Å². The van der Waals surface area contributed by atoms with Gasteiger partial charge in [0.1, 0.15) is 0 Å². The Morgan fingerprint density at radius 1 is 1.06 bits per heavy atom. The van der Waals surface area contributed by atoms with Crippen LogP contribution >= 0.6 is 0 Å². The highest BCUT2D eigenvalue weighted by Crippen LogP contribution is 2.63. The summed E-state index contributed by atoms with van der Waals surface area (Å²) in [7, 11) is 0. The van der Waals surface area contributed by atoms with Crippen LogP contribution < -0.4 is 0 Å². The molecule has 4 heteroatoms. The molecule has 0 spiro atoms. The summed E-state index contributed by atoms with van der Waals surface area (Å²) in [5.41, 5.74) is 0.335. The number of nitrogens with zero attached hydrogens (tertiary/aromatic N) is 2. The maximum absolute atomic E-state index is 10.6. The second-order valence-electron chi connectivity index (χ2n) is 6.60. The summed E-state index contributed by atoms with van der Waals surface area (Å²) in [5, 5.41) is 0. The highest BCUT2D eigenvalue weighted by molar-refractivity contribution is 5.37. The minimum Gasteiger partial charge on any atom is -0.211 e. The summed E-state index contributed by atoms with van der Waals surface area (Å²) >= 11 is 0. The van der Waals surface area contributed by atoms with E-state index in [0.29, 0.717) is 23.2 Å². The number of hydrogen-bond acceptors (Lipinski definition) is 4. The fourth-order valence-electron chi connectivity index (χ4n) is 5.07. The first-order valence-corrected chi connectivity index (χ1v) is 6.74. The van der Waals surface area contributed by atoms with Gasteiger partial charge in [0, 0.05) is 5.92 Å². The third kappa shape index (κ3) is 1.39. The average molecular weight is 246 g/mol. The molecule has 0 aromatic heterocycles. The third-order valence-corrected chi connectivity index (χ3v) is 5.95. The summed E-state index contributed by atoms with van der Waals surface area (Å²) in [4.78, 5) is 29.3. The largest absolute Gasteiger partial charge is 0.235 e. The lowest BCUT2D eigenvalue weighted by atomic mass is 9.43. The van der Waals surface area contributed by atoms with Crippen molar-refractivity contribution in [3.8, 4) is 0 Å². The van der Waals surface area contributed by atoms with Crippen molar-refractivity contribution in [3.63, 3.8) is 0 Å². The molecular weight excluding hydrogens is 228 g/mol. The standard InChI is InChI=1S/C14H18N2O2/c1-8-10-3-9-4-14(8,2)5-11(12(9)15-6-17)13(10)16-7-18/h8-13H,3-5H2,1-2H3. The van der Waals surface area contributed by atoms with E-state index >= 15 is 0 Å². The predicted octanol–water partition coefficient (Wildman–Crippen LogP) is 2.10. The molecule has 96 valence electrons. The molecule has 18 heavy (non-hydrogen) atoms. The fourth-order valence-corrected chi connectivity index (χ4v) is 5.07. The number of aliphatic imine (C=N–C) groups is 2. The first kappa shape index (κ1) is 11.8. The van der Waals surface area contributed by atoms with E-state index in [9.17, 15) is 9.59 Å². The lowest BCUT2D eigenvalue weighted by molar-refractivity contribution is -0.114. The van der Waals surface area contributed by atoms with Gasteiger partial charge >= 0.3 is 0 Å². The molecule has 0 N–H and O–H groups in total. The van der Waals surface area contributed by atoms with Gasteiger partial charge in [-0.15, -0.1) is 0 Å². The van der Waals surface area contributed by atoms with Gasteiger partial charge in [-0.1, -0.05) is 13.8 Å². The fraction of sp³-hybridized carbons (Fsp3) is 0.857. The molecule has 0 aromatic rings. The molecule has 0 aliphatic heterocycles. The lowest BCUT2D eigenvalue weighted by Crippen LogP contribution is -2.61. The molecule has 0 aromatic carbocycles. The molecule has 7 unspecified atom stereocenters. The van der Waals surface area contributed by atoms with Crippen LogP contribution in [0.15, 0.2) is 9.98 Å². The van der Waals surface area contributed by atoms with Crippen LogP contribution in [0.4, 0.5) is 0 Å². The van der Waals surface area contributed by atoms with Gasteiger partial charge in [0.15, 0.2) is 0 Å². The first-order chi connectivity index (χ1) is 8.60. The Hall–Kier alpha value is -1.24. The summed E-state index contributed by atoms with van der Waals surface area (Å²) in [6, 6.07) is 0.0469. The summed E-state index contributed by atoms with van der Waals surface area (Å²) < 4.78 is 0. The van der Waals surface area contributed by atoms with E-state index in [1.54, 1.807) is 12.2 Å². The van der Waals surface area contributed by atoms with E-state index < -0.39 is 0 Å². The van der Waals surface area contributed by atoms with Crippen LogP contribution in [0.2, 0.25) is 0 Å². The maximum atomic E-state index is 10.6. The maximum Gasteiger partial charge on any atom is 0.235 e. The summed E-state index contributed by atoms with van der Waals surface area (Å²) in [6.07, 6.45) is 6.65. The molecular formula is C14H18N2O2. The average Bonchev–Trinajstić information content (AvgIpc) is 2.32. The molecule has 0 amide bonds. The molecule has 4 bridgehead atoms. The van der Waals surface area contributed by atoms with E-state index in [-0.39, 0.29) is 18.0 Å². The van der Waals surface area contributed by atoms with Gasteiger partial charge in [-0.3, -0.25) is 0 Å². The van der Waals surface area contributed by atoms with Crippen LogP contribution in [-0.2, 0) is 9.59 Å². The normalized spacial score (nSPS) is 52.6. The van der Waals surface area contributed by atoms with Crippen LogP contribution in [0.3, 0.4) is 0 Å². The molecule has 4 rings (SSSR count). The molecule has 4 nitrogen and oxygen atoms in total. The minimum absolute atomic E-state index is 0.0178. The first-order valence-electron chi connectivity index (χ1n) is 6.74. The second kappa shape index (κ2) is 3.88. The Bertz CT molecular complexity index is 464. The summed E-state index contributed by atoms with van der Waals surface area (Å²) in [6.45, 7) is 4.62. The van der Waals surface area contributed by atoms with Crippen molar-refractivity contribution < 1.29 is 9.59 Å². The lowest BCUT2D eigenvalue weighted by Gasteiger charge is -2.63. The highest BCUT2D eigenvalue weighted by Gasteiger charge is 2.61. The predicted molar refractivity (Wildman–Crippen MR) is 65.4 cm³/mol. The quantitative estimate of drug-likeness (QED) is 0.553. The van der Waals surface area contributed by atoms with Crippen molar-refractivity contribution >= 4 is 12.2 Å². The summed E-state index contributed by atoms with van der Waals surface area (Å²) in [5.74, 6) is 1.78. The van der Waals surface area contributed by atoms with Crippen molar-refractivity contribution in [2.45, 2.75) is 45.2 Å². The minimum atomic E-state index is 0.0178. The molecule has 4 aliphatic carbocycles. The van der Waals surface area contributed by atoms with E-state index in [1.807, 2.05) is 0 Å². The van der Waals surface area contributed by atoms with Gasteiger partial charge in [0.25, 0.3) is 0 Å². The molecule has 7 atom stereocenters. The highest BCUT2D eigenvalue weighted by atomic mass is 16.1. The number of rotatable bonds is 2. The van der Waals surface area contributed by atoms with Crippen LogP contribution in [0.5, 0.6) is 0 Å². The smallest absolute Gasteiger partial charge is 0.211 e. The molecule has 0 saturated heterocycles. The van der Waals surface area contributed by atoms with Crippen LogP contribution in [0, 0.1) is 29.1 Å². The molecule has 4 aliphatic rings. The zero-order valence-electron chi connectivity index (χ0n) is 10.8. The van der Waals surface area contributed by atoms with E-state index in [2.05, 4.69) is 23.8 Å². The van der Waals surface area contributed by atoms with Gasteiger partial charge in [-0.05, 0) is 42.4 Å². The SMILES string of the molecule is CC1C2CC3CC1(C)CC(C3N=C=O)C2N=C=O. The zero-order chi connectivity index (χ0) is 12.9. The Kier molecular flexibility index (Phi) is 2.55. The topological polar surface area (TPSA) is 58.9 Å². The van der Waals surface area contributed by atoms with Gasteiger partial charge in [0.2, 0.25) is 12.2 Å². The Morgan fingerprint density at radius 2 is 1.72 bits per heavy atom. The van der Waals surface area contributed by atoms with Crippen LogP contribution in [-0.4, -0.2) is 24.2 Å². The van der Waals surface area contributed by atoms with Crippen LogP contribution in [0.25, 0.3) is 0 Å². The van der Waals surface area contributed by atoms with Crippen molar-refractivity contribution in [2.24, 2.45) is 39.1 Å². The molecule has 4 saturated carbocycles. The monoisotopic (exact) mass is 246 g/mol. The zero-order valence-corrected chi connectivity index (χ0v) is 10.8.